The third-order valence-electron chi connectivity index (χ3n) is 4.03. The van der Waals surface area contributed by atoms with E-state index >= 15 is 0 Å². The molecule has 0 saturated carbocycles. The Balaban J connectivity index is 1.70. The van der Waals surface area contributed by atoms with Crippen molar-refractivity contribution in [3.8, 4) is 11.5 Å². The number of hydrogen-bond donors (Lipinski definition) is 0. The number of benzene rings is 2. The Morgan fingerprint density at radius 1 is 1.21 bits per heavy atom. The van der Waals surface area contributed by atoms with E-state index in [1.54, 1.807) is 24.4 Å². The van der Waals surface area contributed by atoms with Gasteiger partial charge in [-0.25, -0.2) is 4.79 Å². The first kappa shape index (κ1) is 19.7. The Kier molecular flexibility index (Phi) is 6.50. The van der Waals surface area contributed by atoms with Gasteiger partial charge < -0.3 is 14.2 Å². The number of rotatable bonds is 7. The molecule has 1 heterocycles. The molecule has 0 N–H and O–H groups in total. The molecule has 0 aliphatic heterocycles. The van der Waals surface area contributed by atoms with Crippen LogP contribution in [0.5, 0.6) is 11.5 Å². The number of pyridine rings is 1. The minimum absolute atomic E-state index is 0.144. The van der Waals surface area contributed by atoms with Crippen LogP contribution in [0.1, 0.15) is 18.1 Å². The third-order valence-corrected chi connectivity index (χ3v) is 4.31. The largest absolute Gasteiger partial charge is 0.491 e. The molecule has 0 atom stereocenters. The van der Waals surface area contributed by atoms with Gasteiger partial charge in [0.05, 0.1) is 24.3 Å². The summed E-state index contributed by atoms with van der Waals surface area (Å²) in [6.07, 6.45) is 4.70. The molecule has 0 amide bonds. The van der Waals surface area contributed by atoms with Gasteiger partial charge in [-0.1, -0.05) is 35.9 Å². The zero-order chi connectivity index (χ0) is 19.9. The lowest BCUT2D eigenvalue weighted by Gasteiger charge is -2.11. The Morgan fingerprint density at radius 2 is 2.04 bits per heavy atom. The summed E-state index contributed by atoms with van der Waals surface area (Å²) in [5, 5.41) is 1.41. The van der Waals surface area contributed by atoms with E-state index in [4.69, 9.17) is 25.8 Å². The summed E-state index contributed by atoms with van der Waals surface area (Å²) in [6, 6.07) is 13.1. The van der Waals surface area contributed by atoms with Crippen LogP contribution in [0, 0.1) is 0 Å². The lowest BCUT2D eigenvalue weighted by Crippen LogP contribution is -2.02. The number of halogens is 1. The molecule has 0 radical (unpaired) electrons. The molecule has 6 heteroatoms. The van der Waals surface area contributed by atoms with Crippen molar-refractivity contribution in [2.24, 2.45) is 0 Å². The molecule has 3 rings (SSSR count). The maximum atomic E-state index is 12.1. The molecule has 0 aliphatic carbocycles. The molecule has 1 aromatic heterocycles. The van der Waals surface area contributed by atoms with Crippen LogP contribution in [-0.2, 0) is 16.1 Å². The van der Waals surface area contributed by atoms with E-state index in [1.165, 1.54) is 13.2 Å². The van der Waals surface area contributed by atoms with Crippen molar-refractivity contribution in [2.75, 3.05) is 13.7 Å². The van der Waals surface area contributed by atoms with Crippen LogP contribution < -0.4 is 9.47 Å². The number of carbonyl (C=O) groups excluding carboxylic acids is 1. The van der Waals surface area contributed by atoms with Gasteiger partial charge in [0, 0.05) is 23.2 Å². The molecule has 3 aromatic rings. The highest BCUT2D eigenvalue weighted by molar-refractivity contribution is 6.32. The molecule has 0 aliphatic rings. The number of para-hydroxylation sites is 1. The average Bonchev–Trinajstić information content (AvgIpc) is 2.71. The summed E-state index contributed by atoms with van der Waals surface area (Å²) in [7, 11) is 1.53. The second-order valence-corrected chi connectivity index (χ2v) is 6.31. The molecular weight excluding hydrogens is 378 g/mol. The van der Waals surface area contributed by atoms with Crippen LogP contribution in [0.15, 0.2) is 54.7 Å². The summed E-state index contributed by atoms with van der Waals surface area (Å²) >= 11 is 6.22. The van der Waals surface area contributed by atoms with Gasteiger partial charge >= 0.3 is 5.97 Å². The molecular formula is C22H20ClNO4. The Hall–Kier alpha value is -3.05. The fourth-order valence-corrected chi connectivity index (χ4v) is 3.09. The summed E-state index contributed by atoms with van der Waals surface area (Å²) in [5.74, 6) is 0.525. The fraction of sp³-hybridized carbons (Fsp3) is 0.182. The molecule has 0 saturated heterocycles. The summed E-state index contributed by atoms with van der Waals surface area (Å²) in [5.41, 5.74) is 2.38. The lowest BCUT2D eigenvalue weighted by molar-refractivity contribution is -0.138. The smallest absolute Gasteiger partial charge is 0.331 e. The topological polar surface area (TPSA) is 57.7 Å². The number of methoxy groups -OCH3 is 1. The van der Waals surface area contributed by atoms with Crippen molar-refractivity contribution in [3.63, 3.8) is 0 Å². The third kappa shape index (κ3) is 4.61. The Morgan fingerprint density at radius 3 is 2.82 bits per heavy atom. The van der Waals surface area contributed by atoms with E-state index in [9.17, 15) is 4.79 Å². The van der Waals surface area contributed by atoms with E-state index in [2.05, 4.69) is 4.98 Å². The van der Waals surface area contributed by atoms with E-state index in [0.29, 0.717) is 28.7 Å². The van der Waals surface area contributed by atoms with Crippen LogP contribution in [0.2, 0.25) is 5.02 Å². The number of hydrogen-bond acceptors (Lipinski definition) is 5. The van der Waals surface area contributed by atoms with Gasteiger partial charge in [-0.2, -0.15) is 0 Å². The van der Waals surface area contributed by atoms with Gasteiger partial charge in [0.2, 0.25) is 0 Å². The average molecular weight is 398 g/mol. The van der Waals surface area contributed by atoms with E-state index < -0.39 is 5.97 Å². The van der Waals surface area contributed by atoms with Gasteiger partial charge in [-0.3, -0.25) is 4.98 Å². The van der Waals surface area contributed by atoms with E-state index in [0.717, 1.165) is 16.5 Å². The Bertz CT molecular complexity index is 1010. The monoisotopic (exact) mass is 397 g/mol. The zero-order valence-electron chi connectivity index (χ0n) is 15.6. The maximum absolute atomic E-state index is 12.1. The number of ether oxygens (including phenoxy) is 3. The second-order valence-electron chi connectivity index (χ2n) is 5.90. The van der Waals surface area contributed by atoms with E-state index in [1.807, 2.05) is 37.3 Å². The lowest BCUT2D eigenvalue weighted by atomic mass is 10.1. The van der Waals surface area contributed by atoms with Crippen molar-refractivity contribution >= 4 is 34.5 Å². The summed E-state index contributed by atoms with van der Waals surface area (Å²) in [6.45, 7) is 2.49. The fourth-order valence-electron chi connectivity index (χ4n) is 2.79. The summed E-state index contributed by atoms with van der Waals surface area (Å²) in [4.78, 5) is 16.5. The standard InChI is InChI=1S/C22H20ClNO4/c1-3-27-19-13-15(12-18(23)22(19)26-2)9-10-20(25)28-14-17-7-4-6-16-8-5-11-24-21(16)17/h4-13H,3,14H2,1-2H3/b10-9+. The van der Waals surface area contributed by atoms with Crippen LogP contribution in [0.3, 0.4) is 0 Å². The van der Waals surface area contributed by atoms with Gasteiger partial charge in [-0.15, -0.1) is 0 Å². The minimum atomic E-state index is -0.460. The van der Waals surface area contributed by atoms with Gasteiger partial charge in [0.15, 0.2) is 11.5 Å². The Labute approximate surface area is 168 Å². The molecule has 0 bridgehead atoms. The van der Waals surface area contributed by atoms with Crippen molar-refractivity contribution in [1.82, 2.24) is 4.98 Å². The minimum Gasteiger partial charge on any atom is -0.491 e. The molecule has 2 aromatic carbocycles. The van der Waals surface area contributed by atoms with Gasteiger partial charge in [0.1, 0.15) is 6.61 Å². The van der Waals surface area contributed by atoms with Gasteiger partial charge in [-0.05, 0) is 36.8 Å². The highest BCUT2D eigenvalue weighted by Crippen LogP contribution is 2.36. The normalized spacial score (nSPS) is 11.0. The predicted octanol–water partition coefficient (Wildman–Crippen LogP) is 5.05. The van der Waals surface area contributed by atoms with Gasteiger partial charge in [0.25, 0.3) is 0 Å². The quantitative estimate of drug-likeness (QED) is 0.412. The second kappa shape index (κ2) is 9.24. The van der Waals surface area contributed by atoms with Crippen LogP contribution in [0.4, 0.5) is 0 Å². The number of nitrogens with zero attached hydrogens (tertiary/aromatic N) is 1. The van der Waals surface area contributed by atoms with Crippen molar-refractivity contribution in [2.45, 2.75) is 13.5 Å². The van der Waals surface area contributed by atoms with Crippen molar-refractivity contribution in [1.29, 1.82) is 0 Å². The molecule has 5 nitrogen and oxygen atoms in total. The number of esters is 1. The first-order valence-electron chi connectivity index (χ1n) is 8.80. The SMILES string of the molecule is CCOc1cc(/C=C/C(=O)OCc2cccc3cccnc23)cc(Cl)c1OC. The molecule has 0 spiro atoms. The van der Waals surface area contributed by atoms with Crippen LogP contribution in [-0.4, -0.2) is 24.7 Å². The highest BCUT2D eigenvalue weighted by Gasteiger charge is 2.11. The zero-order valence-corrected chi connectivity index (χ0v) is 16.4. The predicted molar refractivity (Wildman–Crippen MR) is 110 cm³/mol. The molecule has 144 valence electrons. The number of carbonyl (C=O) groups is 1. The highest BCUT2D eigenvalue weighted by atomic mass is 35.5. The maximum Gasteiger partial charge on any atom is 0.331 e. The van der Waals surface area contributed by atoms with Crippen molar-refractivity contribution in [3.05, 3.63) is 70.9 Å². The van der Waals surface area contributed by atoms with E-state index in [-0.39, 0.29) is 6.61 Å². The number of aromatic nitrogens is 1. The summed E-state index contributed by atoms with van der Waals surface area (Å²) < 4.78 is 16.1. The van der Waals surface area contributed by atoms with Crippen molar-refractivity contribution < 1.29 is 19.0 Å². The molecule has 0 unspecified atom stereocenters. The first-order valence-corrected chi connectivity index (χ1v) is 9.18. The van der Waals surface area contributed by atoms with Crippen LogP contribution in [0.25, 0.3) is 17.0 Å². The molecule has 0 fully saturated rings. The van der Waals surface area contributed by atoms with Crippen LogP contribution >= 0.6 is 11.6 Å². The molecule has 28 heavy (non-hydrogen) atoms. The first-order chi connectivity index (χ1) is 13.6. The number of fused-ring (bicyclic) bond motifs is 1.